The quantitative estimate of drug-likeness (QED) is 0.345. The molecule has 6 heteroatoms. The number of aromatic nitrogens is 2. The Morgan fingerprint density at radius 2 is 2.03 bits per heavy atom. The van der Waals surface area contributed by atoms with Crippen molar-refractivity contribution in [2.24, 2.45) is 5.92 Å². The second-order valence-electron chi connectivity index (χ2n) is 9.24. The average Bonchev–Trinajstić information content (AvgIpc) is 3.49. The fraction of sp³-hybridized carbons (Fsp3) is 0.296. The smallest absolute Gasteiger partial charge is 0.137 e. The lowest BCUT2D eigenvalue weighted by Gasteiger charge is -2.15. The maximum absolute atomic E-state index is 14.8. The Morgan fingerprint density at radius 3 is 2.61 bits per heavy atom. The predicted octanol–water partition coefficient (Wildman–Crippen LogP) is 5.52. The molecule has 0 radical (unpaired) electrons. The lowest BCUT2D eigenvalue weighted by molar-refractivity contribution is 0.592. The molecule has 0 atom stereocenters. The van der Waals surface area contributed by atoms with E-state index in [0.717, 1.165) is 45.6 Å². The van der Waals surface area contributed by atoms with E-state index in [4.69, 9.17) is 11.5 Å². The van der Waals surface area contributed by atoms with Gasteiger partial charge in [-0.2, -0.15) is 5.10 Å². The van der Waals surface area contributed by atoms with Crippen LogP contribution in [0.25, 0.3) is 16.3 Å². The summed E-state index contributed by atoms with van der Waals surface area (Å²) in [6, 6.07) is 11.0. The summed E-state index contributed by atoms with van der Waals surface area (Å²) in [6.07, 6.45) is 12.6. The number of aryl methyl sites for hydroxylation is 1. The van der Waals surface area contributed by atoms with Gasteiger partial charge >= 0.3 is 0 Å². The number of nitrogens with zero attached hydrogens (tertiary/aromatic N) is 2. The van der Waals surface area contributed by atoms with Crippen molar-refractivity contribution in [1.29, 1.82) is 0 Å². The second-order valence-corrected chi connectivity index (χ2v) is 12.9. The predicted molar refractivity (Wildman–Crippen MR) is 140 cm³/mol. The fourth-order valence-electron chi connectivity index (χ4n) is 4.15. The Labute approximate surface area is 201 Å². The van der Waals surface area contributed by atoms with Crippen LogP contribution in [-0.4, -0.2) is 26.5 Å². The zero-order valence-corrected chi connectivity index (χ0v) is 21.0. The van der Waals surface area contributed by atoms with Crippen LogP contribution in [0.3, 0.4) is 0 Å². The van der Waals surface area contributed by atoms with Gasteiger partial charge in [-0.25, -0.2) is 9.07 Å². The van der Waals surface area contributed by atoms with Gasteiger partial charge in [-0.05, 0) is 73.9 Å². The molecular weight excluding hydrogens is 451 g/mol. The highest BCUT2D eigenvalue weighted by atomic mass is 32.2. The molecule has 1 aromatic heterocycles. The first-order chi connectivity index (χ1) is 15.6. The van der Waals surface area contributed by atoms with Gasteiger partial charge in [0.15, 0.2) is 0 Å². The first-order valence-corrected chi connectivity index (χ1v) is 14.0. The molecule has 1 fully saturated rings. The highest BCUT2D eigenvalue weighted by molar-refractivity contribution is 8.01. The molecule has 0 bridgehead atoms. The van der Waals surface area contributed by atoms with Crippen LogP contribution in [0.4, 0.5) is 4.39 Å². The Balaban J connectivity index is 1.86. The van der Waals surface area contributed by atoms with Crippen molar-refractivity contribution in [3.63, 3.8) is 0 Å². The zero-order chi connectivity index (χ0) is 23.9. The molecule has 0 unspecified atom stereocenters. The Morgan fingerprint density at radius 1 is 1.30 bits per heavy atom. The van der Waals surface area contributed by atoms with Crippen LogP contribution in [-0.2, 0) is 22.8 Å². The van der Waals surface area contributed by atoms with Gasteiger partial charge in [0.25, 0.3) is 0 Å². The van der Waals surface area contributed by atoms with Gasteiger partial charge in [0.2, 0.25) is 0 Å². The third-order valence-corrected chi connectivity index (χ3v) is 7.87. The normalized spacial score (nSPS) is 14.2. The van der Waals surface area contributed by atoms with E-state index in [1.807, 2.05) is 31.2 Å². The Kier molecular flexibility index (Phi) is 6.39. The molecule has 1 aliphatic rings. The maximum atomic E-state index is 14.8. The van der Waals surface area contributed by atoms with Crippen LogP contribution in [0, 0.1) is 31.0 Å². The van der Waals surface area contributed by atoms with Crippen molar-refractivity contribution in [3.8, 4) is 23.6 Å². The van der Waals surface area contributed by atoms with Gasteiger partial charge in [-0.15, -0.1) is 19.1 Å². The lowest BCUT2D eigenvalue weighted by atomic mass is 9.95. The largest absolute Gasteiger partial charge is 0.281 e. The van der Waals surface area contributed by atoms with E-state index in [0.29, 0.717) is 17.4 Å². The van der Waals surface area contributed by atoms with Gasteiger partial charge in [-0.3, -0.25) is 4.21 Å². The molecular formula is C27H29FN2OS2. The maximum Gasteiger partial charge on any atom is 0.137 e. The Bertz CT molecular complexity index is 1340. The van der Waals surface area contributed by atoms with Crippen LogP contribution in [0.5, 0.6) is 0 Å². The van der Waals surface area contributed by atoms with Crippen LogP contribution in [0.2, 0.25) is 0 Å². The van der Waals surface area contributed by atoms with Gasteiger partial charge in [0, 0.05) is 33.7 Å². The van der Waals surface area contributed by atoms with Crippen molar-refractivity contribution in [1.82, 2.24) is 9.78 Å². The topological polar surface area (TPSA) is 34.9 Å². The van der Waals surface area contributed by atoms with E-state index in [1.165, 1.54) is 18.9 Å². The van der Waals surface area contributed by atoms with Crippen LogP contribution in [0.15, 0.2) is 47.9 Å². The number of halogens is 1. The summed E-state index contributed by atoms with van der Waals surface area (Å²) in [7, 11) is -2.69. The van der Waals surface area contributed by atoms with E-state index < -0.39 is 15.7 Å². The zero-order valence-electron chi connectivity index (χ0n) is 19.2. The third kappa shape index (κ3) is 5.00. The minimum Gasteiger partial charge on any atom is -0.281 e. The van der Waals surface area contributed by atoms with Crippen molar-refractivity contribution >= 4 is 27.6 Å². The molecule has 0 spiro atoms. The highest BCUT2D eigenvalue weighted by Gasteiger charge is 2.28. The van der Waals surface area contributed by atoms with Crippen LogP contribution in [0.1, 0.15) is 40.8 Å². The van der Waals surface area contributed by atoms with Crippen molar-refractivity contribution in [2.45, 2.75) is 37.5 Å². The molecule has 1 aliphatic carbocycles. The number of thiol groups is 2. The van der Waals surface area contributed by atoms with Crippen molar-refractivity contribution in [2.75, 3.05) is 12.5 Å². The van der Waals surface area contributed by atoms with E-state index >= 15 is 0 Å². The summed E-state index contributed by atoms with van der Waals surface area (Å²) in [5.74, 6) is 2.93. The molecule has 2 aromatic carbocycles. The standard InChI is InChI=1S/C27H29FN2OS2/c1-6-21-16-22(11-7-17(21)2)27-23(25(15-19-8-9-19)30(29-27)18(3)32)13-20-10-12-26(24(28)14-20)33(4,5)31/h1,7,10-12,14,16,19,32-33H,3,8-9,13,15H2,2,4-5H3. The van der Waals surface area contributed by atoms with E-state index in [2.05, 4.69) is 25.1 Å². The van der Waals surface area contributed by atoms with E-state index in [9.17, 15) is 8.60 Å². The van der Waals surface area contributed by atoms with Crippen molar-refractivity contribution in [3.05, 3.63) is 76.7 Å². The number of hydrogen-bond donors (Lipinski definition) is 2. The monoisotopic (exact) mass is 480 g/mol. The summed E-state index contributed by atoms with van der Waals surface area (Å²) in [6.45, 7) is 5.99. The number of rotatable bonds is 7. The first kappa shape index (κ1) is 23.5. The van der Waals surface area contributed by atoms with E-state index in [-0.39, 0.29) is 4.90 Å². The number of hydrogen-bond acceptors (Lipinski definition) is 3. The second kappa shape index (κ2) is 8.96. The fourth-order valence-corrected chi connectivity index (χ4v) is 5.33. The Hall–Kier alpha value is -2.62. The molecule has 0 N–H and O–H groups in total. The third-order valence-electron chi connectivity index (χ3n) is 6.15. The molecule has 1 saturated carbocycles. The highest BCUT2D eigenvalue weighted by Crippen LogP contribution is 2.38. The molecule has 33 heavy (non-hydrogen) atoms. The van der Waals surface area contributed by atoms with Gasteiger partial charge in [0.05, 0.1) is 10.7 Å². The summed E-state index contributed by atoms with van der Waals surface area (Å²) < 4.78 is 29.0. The molecule has 0 amide bonds. The lowest BCUT2D eigenvalue weighted by Crippen LogP contribution is -2.09. The first-order valence-electron chi connectivity index (χ1n) is 11.0. The van der Waals surface area contributed by atoms with Crippen molar-refractivity contribution < 1.29 is 8.60 Å². The number of terminal acetylenes is 1. The number of benzene rings is 2. The molecule has 3 nitrogen and oxygen atoms in total. The minimum absolute atomic E-state index is 0.279. The van der Waals surface area contributed by atoms with Crippen LogP contribution >= 0.6 is 12.6 Å². The SMILES string of the molecule is C#Cc1cc(-c2nn(C(=C)S)c(CC3CC3)c2Cc2ccc([SH](C)(C)=O)c(F)c2)ccc1C. The molecule has 0 saturated heterocycles. The van der Waals surface area contributed by atoms with Gasteiger partial charge in [-0.1, -0.05) is 40.6 Å². The molecule has 4 rings (SSSR count). The molecule has 172 valence electrons. The summed E-state index contributed by atoms with van der Waals surface area (Å²) in [5.41, 5.74) is 6.44. The van der Waals surface area contributed by atoms with Crippen LogP contribution < -0.4 is 0 Å². The molecule has 3 aromatic rings. The van der Waals surface area contributed by atoms with Gasteiger partial charge < -0.3 is 0 Å². The summed E-state index contributed by atoms with van der Waals surface area (Å²) >= 11 is 4.50. The average molecular weight is 481 g/mol. The summed E-state index contributed by atoms with van der Waals surface area (Å²) in [5, 5.41) is 5.42. The van der Waals surface area contributed by atoms with Gasteiger partial charge in [0.1, 0.15) is 5.82 Å². The molecule has 0 aliphatic heterocycles. The summed E-state index contributed by atoms with van der Waals surface area (Å²) in [4.78, 5) is 0.279. The minimum atomic E-state index is -2.69. The molecule has 1 heterocycles. The van der Waals surface area contributed by atoms with E-state index in [1.54, 1.807) is 23.3 Å².